The number of hydrogen-bond acceptors (Lipinski definition) is 4. The SMILES string of the molecule is C=CC(=O)OCC(O)C=C[C]=O. The number of aliphatic hydroxyl groups is 1. The summed E-state index contributed by atoms with van der Waals surface area (Å²) >= 11 is 0. The summed E-state index contributed by atoms with van der Waals surface area (Å²) in [5.41, 5.74) is 0. The van der Waals surface area contributed by atoms with E-state index in [4.69, 9.17) is 5.11 Å². The standard InChI is InChI=1S/C8H9O4/c1-2-8(11)12-6-7(10)4-3-5-9/h2-4,7,10H,1,6H2. The second-order valence-corrected chi connectivity index (χ2v) is 1.88. The molecule has 12 heavy (non-hydrogen) atoms. The fourth-order valence-electron chi connectivity index (χ4n) is 0.432. The maximum Gasteiger partial charge on any atom is 0.330 e. The molecule has 0 heterocycles. The molecule has 1 N–H and O–H groups in total. The first-order valence-corrected chi connectivity index (χ1v) is 3.22. The zero-order valence-electron chi connectivity index (χ0n) is 6.40. The summed E-state index contributed by atoms with van der Waals surface area (Å²) in [4.78, 5) is 20.1. The molecule has 1 atom stereocenters. The molecule has 65 valence electrons. The Bertz CT molecular complexity index is 195. The highest BCUT2D eigenvalue weighted by Crippen LogP contribution is 1.88. The van der Waals surface area contributed by atoms with Crippen LogP contribution in [0.2, 0.25) is 0 Å². The highest BCUT2D eigenvalue weighted by molar-refractivity contribution is 5.81. The van der Waals surface area contributed by atoms with Gasteiger partial charge in [-0.25, -0.2) is 4.79 Å². The van der Waals surface area contributed by atoms with Gasteiger partial charge in [0.25, 0.3) is 0 Å². The molecular weight excluding hydrogens is 160 g/mol. The Morgan fingerprint density at radius 3 is 2.92 bits per heavy atom. The van der Waals surface area contributed by atoms with Crippen LogP contribution in [0, 0.1) is 0 Å². The predicted molar refractivity (Wildman–Crippen MR) is 42.0 cm³/mol. The minimum Gasteiger partial charge on any atom is -0.459 e. The molecule has 0 aliphatic heterocycles. The molecule has 4 heteroatoms. The van der Waals surface area contributed by atoms with E-state index in [0.29, 0.717) is 0 Å². The highest BCUT2D eigenvalue weighted by Gasteiger charge is 2.01. The van der Waals surface area contributed by atoms with Crippen LogP contribution in [0.4, 0.5) is 0 Å². The van der Waals surface area contributed by atoms with Gasteiger partial charge in [-0.3, -0.25) is 4.79 Å². The van der Waals surface area contributed by atoms with Gasteiger partial charge in [0.15, 0.2) is 0 Å². The lowest BCUT2D eigenvalue weighted by molar-refractivity contribution is -0.139. The number of ether oxygens (including phenoxy) is 1. The number of carbonyl (C=O) groups excluding carboxylic acids is 2. The fourth-order valence-corrected chi connectivity index (χ4v) is 0.432. The Hall–Kier alpha value is -1.42. The molecule has 0 fully saturated rings. The molecule has 0 bridgehead atoms. The van der Waals surface area contributed by atoms with Crippen molar-refractivity contribution in [2.75, 3.05) is 6.61 Å². The van der Waals surface area contributed by atoms with Crippen LogP contribution in [0.1, 0.15) is 0 Å². The predicted octanol–water partition coefficient (Wildman–Crippen LogP) is -0.258. The van der Waals surface area contributed by atoms with Crippen molar-refractivity contribution in [3.05, 3.63) is 24.8 Å². The summed E-state index contributed by atoms with van der Waals surface area (Å²) < 4.78 is 4.46. The van der Waals surface area contributed by atoms with Gasteiger partial charge in [0.2, 0.25) is 6.29 Å². The minimum absolute atomic E-state index is 0.191. The van der Waals surface area contributed by atoms with Gasteiger partial charge in [-0.05, 0) is 12.2 Å². The summed E-state index contributed by atoms with van der Waals surface area (Å²) in [5.74, 6) is -0.613. The van der Waals surface area contributed by atoms with Crippen molar-refractivity contribution in [3.63, 3.8) is 0 Å². The maximum atomic E-state index is 10.4. The average Bonchev–Trinajstić information content (AvgIpc) is 2.10. The third kappa shape index (κ3) is 5.37. The van der Waals surface area contributed by atoms with Crippen molar-refractivity contribution in [1.29, 1.82) is 0 Å². The molecule has 0 amide bonds. The van der Waals surface area contributed by atoms with E-state index in [1.165, 1.54) is 12.4 Å². The van der Waals surface area contributed by atoms with Crippen LogP contribution in [0.3, 0.4) is 0 Å². The smallest absolute Gasteiger partial charge is 0.330 e. The molecule has 0 aliphatic carbocycles. The van der Waals surface area contributed by atoms with Crippen LogP contribution in [0.5, 0.6) is 0 Å². The van der Waals surface area contributed by atoms with E-state index in [-0.39, 0.29) is 6.61 Å². The van der Waals surface area contributed by atoms with E-state index < -0.39 is 12.1 Å². The van der Waals surface area contributed by atoms with Crippen LogP contribution in [0.15, 0.2) is 24.8 Å². The number of rotatable bonds is 5. The molecule has 1 unspecified atom stereocenters. The topological polar surface area (TPSA) is 63.6 Å². The van der Waals surface area contributed by atoms with Crippen LogP contribution in [-0.2, 0) is 14.3 Å². The van der Waals surface area contributed by atoms with E-state index in [0.717, 1.165) is 12.2 Å². The van der Waals surface area contributed by atoms with Gasteiger partial charge in [0.1, 0.15) is 12.7 Å². The Labute approximate surface area is 70.1 Å². The van der Waals surface area contributed by atoms with Crippen molar-refractivity contribution in [1.82, 2.24) is 0 Å². The quantitative estimate of drug-likeness (QED) is 0.455. The number of aliphatic hydroxyl groups excluding tert-OH is 1. The lowest BCUT2D eigenvalue weighted by atomic mass is 10.3. The monoisotopic (exact) mass is 169 g/mol. The molecule has 0 spiro atoms. The van der Waals surface area contributed by atoms with Crippen molar-refractivity contribution in [2.24, 2.45) is 0 Å². The molecule has 0 aliphatic rings. The lowest BCUT2D eigenvalue weighted by Crippen LogP contribution is -2.14. The van der Waals surface area contributed by atoms with Crippen LogP contribution >= 0.6 is 0 Å². The Morgan fingerprint density at radius 2 is 2.42 bits per heavy atom. The zero-order valence-corrected chi connectivity index (χ0v) is 6.40. The van der Waals surface area contributed by atoms with Crippen LogP contribution in [-0.4, -0.2) is 30.1 Å². The summed E-state index contributed by atoms with van der Waals surface area (Å²) in [5, 5.41) is 8.95. The van der Waals surface area contributed by atoms with Gasteiger partial charge in [-0.1, -0.05) is 6.58 Å². The van der Waals surface area contributed by atoms with Crippen LogP contribution in [0.25, 0.3) is 0 Å². The molecule has 0 aromatic carbocycles. The minimum atomic E-state index is -0.977. The first kappa shape index (κ1) is 10.6. The highest BCUT2D eigenvalue weighted by atomic mass is 16.5. The second kappa shape index (κ2) is 6.30. The van der Waals surface area contributed by atoms with Crippen LogP contribution < -0.4 is 0 Å². The Morgan fingerprint density at radius 1 is 1.75 bits per heavy atom. The molecule has 0 saturated heterocycles. The largest absolute Gasteiger partial charge is 0.459 e. The van der Waals surface area contributed by atoms with Gasteiger partial charge >= 0.3 is 5.97 Å². The summed E-state index contributed by atoms with van der Waals surface area (Å²) in [7, 11) is 0. The number of hydrogen-bond donors (Lipinski definition) is 1. The second-order valence-electron chi connectivity index (χ2n) is 1.88. The zero-order chi connectivity index (χ0) is 9.40. The fraction of sp³-hybridized carbons (Fsp3) is 0.250. The van der Waals surface area contributed by atoms with E-state index in [2.05, 4.69) is 11.3 Å². The molecule has 0 aromatic heterocycles. The van der Waals surface area contributed by atoms with E-state index in [1.54, 1.807) is 0 Å². The van der Waals surface area contributed by atoms with E-state index in [1.807, 2.05) is 0 Å². The van der Waals surface area contributed by atoms with Gasteiger partial charge in [0, 0.05) is 6.08 Å². The first-order chi connectivity index (χ1) is 5.70. The first-order valence-electron chi connectivity index (χ1n) is 3.22. The number of allylic oxidation sites excluding steroid dienone is 1. The molecule has 0 rings (SSSR count). The van der Waals surface area contributed by atoms with Crippen molar-refractivity contribution in [3.8, 4) is 0 Å². The van der Waals surface area contributed by atoms with Gasteiger partial charge in [-0.15, -0.1) is 0 Å². The molecule has 0 saturated carbocycles. The average molecular weight is 169 g/mol. The van der Waals surface area contributed by atoms with Crippen molar-refractivity contribution in [2.45, 2.75) is 6.10 Å². The van der Waals surface area contributed by atoms with Gasteiger partial charge < -0.3 is 9.84 Å². The normalized spacial score (nSPS) is 12.4. The molecule has 1 radical (unpaired) electrons. The van der Waals surface area contributed by atoms with Crippen molar-refractivity contribution >= 4 is 12.3 Å². The Kier molecular flexibility index (Phi) is 5.55. The number of carbonyl (C=O) groups is 1. The lowest BCUT2D eigenvalue weighted by Gasteiger charge is -2.03. The maximum absolute atomic E-state index is 10.4. The Balaban J connectivity index is 3.62. The van der Waals surface area contributed by atoms with E-state index in [9.17, 15) is 9.59 Å². The van der Waals surface area contributed by atoms with Gasteiger partial charge in [0.05, 0.1) is 0 Å². The van der Waals surface area contributed by atoms with E-state index >= 15 is 0 Å². The molecule has 4 nitrogen and oxygen atoms in total. The molecular formula is C8H9O4. The van der Waals surface area contributed by atoms with Crippen molar-refractivity contribution < 1.29 is 19.4 Å². The number of esters is 1. The summed E-state index contributed by atoms with van der Waals surface area (Å²) in [6, 6.07) is 0. The third-order valence-corrected chi connectivity index (χ3v) is 0.949. The van der Waals surface area contributed by atoms with Gasteiger partial charge in [-0.2, -0.15) is 0 Å². The summed E-state index contributed by atoms with van der Waals surface area (Å²) in [6.45, 7) is 2.97. The molecule has 0 aromatic rings. The third-order valence-electron chi connectivity index (χ3n) is 0.949. The summed E-state index contributed by atoms with van der Waals surface area (Å²) in [6.07, 6.45) is 3.64.